The van der Waals surface area contributed by atoms with Gasteiger partial charge in [-0.2, -0.15) is 0 Å². The molecule has 1 aliphatic rings. The van der Waals surface area contributed by atoms with Crippen LogP contribution in [-0.4, -0.2) is 42.9 Å². The van der Waals surface area contributed by atoms with Crippen LogP contribution in [0.5, 0.6) is 0 Å². The highest BCUT2D eigenvalue weighted by molar-refractivity contribution is 5.67. The lowest BCUT2D eigenvalue weighted by atomic mass is 9.90. The molecule has 1 saturated heterocycles. The number of hydrogen-bond donors (Lipinski definition) is 1. The molecule has 1 aliphatic heterocycles. The Morgan fingerprint density at radius 3 is 2.82 bits per heavy atom. The minimum Gasteiger partial charge on any atom is -0.505 e. The highest BCUT2D eigenvalue weighted by atomic mass is 16.6. The van der Waals surface area contributed by atoms with Crippen molar-refractivity contribution in [3.05, 3.63) is 48.2 Å². The molecule has 1 aromatic carbocycles. The van der Waals surface area contributed by atoms with Crippen LogP contribution in [0.25, 0.3) is 0 Å². The monoisotopic (exact) mass is 305 g/mol. The van der Waals surface area contributed by atoms with Gasteiger partial charge in [0.15, 0.2) is 0 Å². The van der Waals surface area contributed by atoms with Gasteiger partial charge in [-0.15, -0.1) is 0 Å². The zero-order chi connectivity index (χ0) is 15.8. The van der Waals surface area contributed by atoms with Crippen molar-refractivity contribution in [2.45, 2.75) is 13.0 Å². The van der Waals surface area contributed by atoms with Crippen molar-refractivity contribution in [2.24, 2.45) is 11.8 Å². The van der Waals surface area contributed by atoms with Gasteiger partial charge in [0.1, 0.15) is 6.61 Å². The zero-order valence-electron chi connectivity index (χ0n) is 12.9. The van der Waals surface area contributed by atoms with E-state index in [-0.39, 0.29) is 31.1 Å². The van der Waals surface area contributed by atoms with Gasteiger partial charge >= 0.3 is 6.09 Å². The summed E-state index contributed by atoms with van der Waals surface area (Å²) in [6.45, 7) is 1.45. The first kappa shape index (κ1) is 16.4. The molecule has 0 bridgehead atoms. The molecule has 1 amide bonds. The van der Waals surface area contributed by atoms with Crippen LogP contribution in [0.1, 0.15) is 12.0 Å². The average Bonchev–Trinajstić information content (AvgIpc) is 2.58. The van der Waals surface area contributed by atoms with E-state index in [0.29, 0.717) is 13.1 Å². The number of nitrogens with zero attached hydrogens (tertiary/aromatic N) is 1. The summed E-state index contributed by atoms with van der Waals surface area (Å²) in [4.78, 5) is 13.9. The molecule has 0 radical (unpaired) electrons. The van der Waals surface area contributed by atoms with Crippen LogP contribution in [0.15, 0.2) is 42.7 Å². The number of aliphatic hydroxyl groups is 1. The standard InChI is InChI=1S/C17H23NO4/c1-21-8-7-15-9-16(12-19)11-18(10-15)17(20)22-13-14-5-3-2-4-6-14/h2-8,15-16,19H,9-13H2,1H3/b8-7+/t15-,16+/m1/s1. The van der Waals surface area contributed by atoms with E-state index in [1.54, 1.807) is 18.3 Å². The number of hydrogen-bond acceptors (Lipinski definition) is 4. The molecular weight excluding hydrogens is 282 g/mol. The fraction of sp³-hybridized carbons (Fsp3) is 0.471. The maximum atomic E-state index is 12.2. The summed E-state index contributed by atoms with van der Waals surface area (Å²) in [7, 11) is 1.59. The third kappa shape index (κ3) is 4.77. The number of aliphatic hydroxyl groups excluding tert-OH is 1. The zero-order valence-corrected chi connectivity index (χ0v) is 12.9. The van der Waals surface area contributed by atoms with Gasteiger partial charge in [0.05, 0.1) is 13.4 Å². The molecule has 120 valence electrons. The summed E-state index contributed by atoms with van der Waals surface area (Å²) in [5.41, 5.74) is 0.961. The van der Waals surface area contributed by atoms with Gasteiger partial charge in [0.25, 0.3) is 0 Å². The van der Waals surface area contributed by atoms with E-state index in [1.807, 2.05) is 36.4 Å². The number of methoxy groups -OCH3 is 1. The normalized spacial score (nSPS) is 21.8. The number of rotatable bonds is 5. The van der Waals surface area contributed by atoms with Crippen molar-refractivity contribution in [1.29, 1.82) is 0 Å². The van der Waals surface area contributed by atoms with Gasteiger partial charge in [-0.25, -0.2) is 4.79 Å². The number of carbonyl (C=O) groups excluding carboxylic acids is 1. The maximum Gasteiger partial charge on any atom is 0.410 e. The summed E-state index contributed by atoms with van der Waals surface area (Å²) in [5.74, 6) is 0.250. The van der Waals surface area contributed by atoms with E-state index in [0.717, 1.165) is 12.0 Å². The molecule has 5 heteroatoms. The predicted molar refractivity (Wildman–Crippen MR) is 83.0 cm³/mol. The van der Waals surface area contributed by atoms with Crippen molar-refractivity contribution in [3.8, 4) is 0 Å². The second-order valence-corrected chi connectivity index (χ2v) is 5.55. The number of piperidine rings is 1. The maximum absolute atomic E-state index is 12.2. The first-order valence-electron chi connectivity index (χ1n) is 7.49. The third-order valence-electron chi connectivity index (χ3n) is 3.78. The lowest BCUT2D eigenvalue weighted by Gasteiger charge is -2.35. The molecule has 1 N–H and O–H groups in total. The molecule has 1 heterocycles. The van der Waals surface area contributed by atoms with E-state index in [9.17, 15) is 9.90 Å². The molecule has 1 fully saturated rings. The lowest BCUT2D eigenvalue weighted by Crippen LogP contribution is -2.44. The molecule has 0 unspecified atom stereocenters. The molecule has 2 rings (SSSR count). The SMILES string of the molecule is CO/C=C/[C@@H]1C[C@H](CO)CN(C(=O)OCc2ccccc2)C1. The summed E-state index contributed by atoms with van der Waals surface area (Å²) >= 11 is 0. The highest BCUT2D eigenvalue weighted by Crippen LogP contribution is 2.23. The molecule has 1 aromatic rings. The van der Waals surface area contributed by atoms with Crippen LogP contribution in [0.4, 0.5) is 4.79 Å². The number of benzene rings is 1. The fourth-order valence-corrected chi connectivity index (χ4v) is 2.67. The quantitative estimate of drug-likeness (QED) is 0.849. The van der Waals surface area contributed by atoms with Crippen LogP contribution in [0.3, 0.4) is 0 Å². The molecular formula is C17H23NO4. The molecule has 0 aliphatic carbocycles. The smallest absolute Gasteiger partial charge is 0.410 e. The average molecular weight is 305 g/mol. The molecule has 0 aromatic heterocycles. The number of likely N-dealkylation sites (tertiary alicyclic amines) is 1. The van der Waals surface area contributed by atoms with Crippen molar-refractivity contribution < 1.29 is 19.4 Å². The van der Waals surface area contributed by atoms with E-state index in [4.69, 9.17) is 9.47 Å². The van der Waals surface area contributed by atoms with Crippen molar-refractivity contribution >= 4 is 6.09 Å². The molecule has 5 nitrogen and oxygen atoms in total. The molecule has 0 spiro atoms. The highest BCUT2D eigenvalue weighted by Gasteiger charge is 2.29. The Labute approximate surface area is 131 Å². The van der Waals surface area contributed by atoms with Crippen molar-refractivity contribution in [2.75, 3.05) is 26.8 Å². The summed E-state index contributed by atoms with van der Waals surface area (Å²) in [5, 5.41) is 9.41. The Kier molecular flexibility index (Phi) is 6.27. The first-order chi connectivity index (χ1) is 10.7. The van der Waals surface area contributed by atoms with E-state index in [1.165, 1.54) is 0 Å². The van der Waals surface area contributed by atoms with E-state index >= 15 is 0 Å². The fourth-order valence-electron chi connectivity index (χ4n) is 2.67. The Balaban J connectivity index is 1.90. The van der Waals surface area contributed by atoms with Crippen LogP contribution in [0, 0.1) is 11.8 Å². The Hall–Kier alpha value is -2.01. The third-order valence-corrected chi connectivity index (χ3v) is 3.78. The van der Waals surface area contributed by atoms with Crippen molar-refractivity contribution in [1.82, 2.24) is 4.90 Å². The summed E-state index contributed by atoms with van der Waals surface area (Å²) in [6, 6.07) is 9.59. The Bertz CT molecular complexity index is 489. The van der Waals surface area contributed by atoms with Gasteiger partial charge in [0, 0.05) is 25.6 Å². The van der Waals surface area contributed by atoms with Gasteiger partial charge in [-0.05, 0) is 24.0 Å². The van der Waals surface area contributed by atoms with Gasteiger partial charge < -0.3 is 19.5 Å². The van der Waals surface area contributed by atoms with Crippen LogP contribution in [0.2, 0.25) is 0 Å². The summed E-state index contributed by atoms with van der Waals surface area (Å²) < 4.78 is 10.3. The minimum absolute atomic E-state index is 0.0692. The van der Waals surface area contributed by atoms with Crippen LogP contribution >= 0.6 is 0 Å². The second kappa shape index (κ2) is 8.44. The lowest BCUT2D eigenvalue weighted by molar-refractivity contribution is 0.0582. The number of amides is 1. The molecule has 0 saturated carbocycles. The largest absolute Gasteiger partial charge is 0.505 e. The number of ether oxygens (including phenoxy) is 2. The molecule has 22 heavy (non-hydrogen) atoms. The second-order valence-electron chi connectivity index (χ2n) is 5.55. The number of carbonyl (C=O) groups is 1. The molecule has 2 atom stereocenters. The van der Waals surface area contributed by atoms with Gasteiger partial charge in [-0.1, -0.05) is 30.3 Å². The van der Waals surface area contributed by atoms with Crippen LogP contribution < -0.4 is 0 Å². The topological polar surface area (TPSA) is 59.0 Å². The predicted octanol–water partition coefficient (Wildman–Crippen LogP) is 2.41. The Morgan fingerprint density at radius 2 is 2.14 bits per heavy atom. The van der Waals surface area contributed by atoms with Crippen molar-refractivity contribution in [3.63, 3.8) is 0 Å². The van der Waals surface area contributed by atoms with Gasteiger partial charge in [-0.3, -0.25) is 0 Å². The van der Waals surface area contributed by atoms with E-state index in [2.05, 4.69) is 0 Å². The summed E-state index contributed by atoms with van der Waals surface area (Å²) in [6.07, 6.45) is 4.06. The Morgan fingerprint density at radius 1 is 1.36 bits per heavy atom. The van der Waals surface area contributed by atoms with E-state index < -0.39 is 0 Å². The van der Waals surface area contributed by atoms with Gasteiger partial charge in [0.2, 0.25) is 0 Å². The minimum atomic E-state index is -0.335. The van der Waals surface area contributed by atoms with Crippen LogP contribution in [-0.2, 0) is 16.1 Å². The first-order valence-corrected chi connectivity index (χ1v) is 7.49.